The molecular weight excluding hydrogens is 1190 g/mol. The summed E-state index contributed by atoms with van der Waals surface area (Å²) in [6, 6.07) is 14.9. The van der Waals surface area contributed by atoms with Crippen LogP contribution in [0.25, 0.3) is 22.3 Å². The number of likely N-dealkylation sites (N-methyl/N-ethyl adjacent to an activating group) is 2. The van der Waals surface area contributed by atoms with E-state index in [9.17, 15) is 39.6 Å². The lowest BCUT2D eigenvalue weighted by molar-refractivity contribution is -0.138. The monoisotopic (exact) mass is 1250 g/mol. The van der Waals surface area contributed by atoms with Crippen molar-refractivity contribution < 1.29 is 58.6 Å². The van der Waals surface area contributed by atoms with Crippen molar-refractivity contribution in [1.82, 2.24) is 59.5 Å². The van der Waals surface area contributed by atoms with E-state index in [1.54, 1.807) is 35.8 Å². The first-order valence-electron chi connectivity index (χ1n) is 27.1. The number of carbonyl (C=O) groups is 4. The lowest BCUT2D eigenvalue weighted by Gasteiger charge is -2.30. The molecule has 2 aromatic carbocycles. The van der Waals surface area contributed by atoms with Crippen LogP contribution >= 0.6 is 22.6 Å². The molecule has 4 aliphatic rings. The second-order valence-electron chi connectivity index (χ2n) is 20.2. The number of halogens is 1. The van der Waals surface area contributed by atoms with Gasteiger partial charge in [0.1, 0.15) is 46.9 Å². The van der Waals surface area contributed by atoms with E-state index < -0.39 is 60.9 Å². The van der Waals surface area contributed by atoms with Crippen LogP contribution in [0.4, 0.5) is 21.2 Å². The van der Waals surface area contributed by atoms with Crippen LogP contribution in [0, 0.1) is 53.7 Å². The summed E-state index contributed by atoms with van der Waals surface area (Å²) in [5, 5.41) is 46.4. The number of rotatable bonds is 10. The number of aliphatic hydroxyl groups is 4. The van der Waals surface area contributed by atoms with Crippen LogP contribution in [-0.4, -0.2) is 169 Å². The molecule has 0 aliphatic carbocycles. The van der Waals surface area contributed by atoms with Gasteiger partial charge in [-0.05, 0) is 95.4 Å². The van der Waals surface area contributed by atoms with Crippen molar-refractivity contribution in [3.8, 4) is 35.7 Å². The maximum Gasteiger partial charge on any atom is 0.415 e. The molecule has 83 heavy (non-hydrogen) atoms. The smallest absolute Gasteiger partial charge is 0.410 e. The van der Waals surface area contributed by atoms with Crippen LogP contribution in [0.15, 0.2) is 61.2 Å². The molecule has 6 aromatic rings. The quantitative estimate of drug-likeness (QED) is 0.0555. The fraction of sp³-hybridized carbons (Fsp3) is 0.464. The molecular formula is C56H67IN14O12. The van der Waals surface area contributed by atoms with Crippen LogP contribution in [0.5, 0.6) is 11.5 Å². The normalized spacial score (nSPS) is 22.5. The Morgan fingerprint density at radius 1 is 0.651 bits per heavy atom. The molecule has 8 heterocycles. The number of hydrogen-bond donors (Lipinski definition) is 8. The zero-order valence-corrected chi connectivity index (χ0v) is 48.3. The maximum absolute atomic E-state index is 12.5. The number of likely N-dealkylation sites (tertiary alicyclic amines) is 2. The van der Waals surface area contributed by atoms with E-state index in [-0.39, 0.29) is 40.8 Å². The summed E-state index contributed by atoms with van der Waals surface area (Å²) >= 11 is 1.91. The molecule has 2 unspecified atom stereocenters. The van der Waals surface area contributed by atoms with Crippen molar-refractivity contribution in [1.29, 1.82) is 0 Å². The molecule has 4 saturated heterocycles. The minimum Gasteiger partial charge on any atom is -0.410 e. The Bertz CT molecular complexity index is 3350. The first kappa shape index (κ1) is 61.3. The Kier molecular flexibility index (Phi) is 20.7. The van der Waals surface area contributed by atoms with Gasteiger partial charge in [-0.1, -0.05) is 41.3 Å². The Balaban J connectivity index is 0.000000180. The fourth-order valence-corrected chi connectivity index (χ4v) is 10.2. The van der Waals surface area contributed by atoms with E-state index in [4.69, 9.17) is 36.8 Å². The number of benzene rings is 2. The Morgan fingerprint density at radius 2 is 1.07 bits per heavy atom. The van der Waals surface area contributed by atoms with Gasteiger partial charge in [0.15, 0.2) is 51.4 Å². The van der Waals surface area contributed by atoms with Crippen molar-refractivity contribution in [2.24, 2.45) is 11.8 Å². The number of aromatic nitrogens is 8. The second-order valence-corrected chi connectivity index (χ2v) is 21.2. The molecule has 4 fully saturated rings. The minimum atomic E-state index is -1.43. The number of nitrogens with one attached hydrogen (secondary N) is 2. The average molecular weight is 1260 g/mol. The number of aryl methyl sites for hydroxylation is 2. The van der Waals surface area contributed by atoms with Gasteiger partial charge in [-0.15, -0.1) is 12.3 Å². The van der Waals surface area contributed by atoms with Crippen molar-refractivity contribution >= 4 is 80.6 Å². The van der Waals surface area contributed by atoms with Crippen LogP contribution in [-0.2, 0) is 19.1 Å². The van der Waals surface area contributed by atoms with E-state index in [1.165, 1.54) is 21.8 Å². The van der Waals surface area contributed by atoms with Gasteiger partial charge in [0.25, 0.3) is 11.8 Å². The second kappa shape index (κ2) is 28.0. The van der Waals surface area contributed by atoms with E-state index >= 15 is 0 Å². The number of nitrogens with two attached hydrogens (primary N) is 2. The number of terminal acetylenes is 1. The van der Waals surface area contributed by atoms with Crippen molar-refractivity contribution in [3.63, 3.8) is 0 Å². The number of amides is 4. The number of hydrogen-bond acceptors (Lipinski definition) is 20. The molecule has 4 aromatic heterocycles. The van der Waals surface area contributed by atoms with Crippen molar-refractivity contribution in [3.05, 3.63) is 82.0 Å². The summed E-state index contributed by atoms with van der Waals surface area (Å²) in [5.41, 5.74) is 15.4. The first-order chi connectivity index (χ1) is 39.9. The van der Waals surface area contributed by atoms with Crippen LogP contribution in [0.1, 0.15) is 81.8 Å². The van der Waals surface area contributed by atoms with E-state index in [0.29, 0.717) is 70.9 Å². The number of nitrogen functional groups attached to an aromatic ring is 2. The molecule has 0 saturated carbocycles. The van der Waals surface area contributed by atoms with Crippen LogP contribution in [0.3, 0.4) is 0 Å². The highest BCUT2D eigenvalue weighted by Gasteiger charge is 2.49. The third-order valence-electron chi connectivity index (χ3n) is 14.3. The Hall–Kier alpha value is -7.77. The summed E-state index contributed by atoms with van der Waals surface area (Å²) in [5.74, 6) is 10.2. The highest BCUT2D eigenvalue weighted by molar-refractivity contribution is 14.1. The predicted octanol–water partition coefficient (Wildman–Crippen LogP) is 3.12. The lowest BCUT2D eigenvalue weighted by atomic mass is 9.94. The topological polar surface area (TPSA) is 356 Å². The van der Waals surface area contributed by atoms with Crippen LogP contribution in [0.2, 0.25) is 0 Å². The van der Waals surface area contributed by atoms with Gasteiger partial charge in [0, 0.05) is 74.7 Å². The fourth-order valence-electron chi connectivity index (χ4n) is 9.66. The molecule has 0 radical (unpaired) electrons. The third kappa shape index (κ3) is 14.9. The third-order valence-corrected chi connectivity index (χ3v) is 14.8. The van der Waals surface area contributed by atoms with Gasteiger partial charge < -0.3 is 71.3 Å². The molecule has 0 bridgehead atoms. The molecule has 0 spiro atoms. The number of anilines is 2. The highest BCUT2D eigenvalue weighted by Crippen LogP contribution is 2.34. The Morgan fingerprint density at radius 3 is 1.51 bits per heavy atom. The zero-order chi connectivity index (χ0) is 59.5. The molecule has 26 nitrogen and oxygen atoms in total. The lowest BCUT2D eigenvalue weighted by Crippen LogP contribution is -2.42. The number of piperidine rings is 2. The molecule has 440 valence electrons. The molecule has 10 N–H and O–H groups in total. The Labute approximate surface area is 491 Å². The van der Waals surface area contributed by atoms with E-state index in [2.05, 4.69) is 58.3 Å². The van der Waals surface area contributed by atoms with E-state index in [1.807, 2.05) is 72.8 Å². The van der Waals surface area contributed by atoms with Crippen LogP contribution < -0.4 is 31.6 Å². The summed E-state index contributed by atoms with van der Waals surface area (Å²) in [6.07, 6.45) is 2.31. The number of nitrogens with zero attached hydrogens (tertiary/aromatic N) is 10. The number of imidazole rings is 2. The number of ether oxygens (including phenoxy) is 4. The van der Waals surface area contributed by atoms with Gasteiger partial charge in [0.05, 0.1) is 12.7 Å². The number of aliphatic hydroxyl groups excluding tert-OH is 4. The van der Waals surface area contributed by atoms with Gasteiger partial charge in [-0.3, -0.25) is 18.7 Å². The predicted molar refractivity (Wildman–Crippen MR) is 309 cm³/mol. The number of fused-ring (bicyclic) bond motifs is 2. The van der Waals surface area contributed by atoms with Gasteiger partial charge in [-0.2, -0.15) is 0 Å². The average Bonchev–Trinajstić information content (AvgIpc) is 3.00. The molecule has 8 atom stereocenters. The molecule has 4 amide bonds. The first-order valence-corrected chi connectivity index (χ1v) is 28.2. The summed E-state index contributed by atoms with van der Waals surface area (Å²) in [6.45, 7) is 10.8. The maximum atomic E-state index is 12.5. The number of carbonyl (C=O) groups excluding carboxylic acids is 4. The SMILES string of the molecule is C#CCC1CCN(C(=O)Oc2ccc(C)cc2)CC1.CCNC(=O)[C@H]1O[C@@H](n2cnc3c(N)nc(C#CCC4CCN(C(=O)Oc5ccc(C)cc5)CC4)nc32)C(O)[C@H]1O.CCNC(=O)[C@H]1O[C@@H](n2cnc3c(N)nc(I)nc32)C(O)[C@H]1O. The van der Waals surface area contributed by atoms with Gasteiger partial charge in [0.2, 0.25) is 5.82 Å². The van der Waals surface area contributed by atoms with Crippen molar-refractivity contribution in [2.45, 2.75) is 115 Å². The van der Waals surface area contributed by atoms with Crippen molar-refractivity contribution in [2.75, 3.05) is 50.7 Å². The minimum absolute atomic E-state index is 0.103. The van der Waals surface area contributed by atoms with E-state index in [0.717, 1.165) is 56.3 Å². The molecule has 10 rings (SSSR count). The molecule has 4 aliphatic heterocycles. The summed E-state index contributed by atoms with van der Waals surface area (Å²) in [7, 11) is 0. The van der Waals surface area contributed by atoms with Gasteiger partial charge >= 0.3 is 12.2 Å². The van der Waals surface area contributed by atoms with Gasteiger partial charge in [-0.25, -0.2) is 39.5 Å². The standard InChI is InChI=1S/C28H33N7O6.C16H19NO2.C12H15IN6O4/c1-3-30-26(38)23-21(36)22(37)27(41-23)35-15-31-20-24(29)32-19(33-25(20)35)6-4-5-17-11-13-34(14-12-17)28(39)40-18-9-7-16(2)8-10-18;1-3-4-14-9-11-17(12-10-14)16(18)19-15-7-5-13(2)6-8-15;1-2-15-10(22)7-5(20)6(21)11(23-7)19-3-16-4-8(14)17-12(13)18-9(4)19/h7-10,15,17,21-23,27,36-37H,3,5,11-14H2,1-2H3,(H,30,38)(H2,29,32,33);1,5-8,14H,4,9-12H2,2H3;3,5-7,11,20-21H,2H2,1H3,(H,15,22)(H2,14,17,18)/t21-,22?,23+,27-;;5-,6?,7+,11-/m1.1/s1. The zero-order valence-electron chi connectivity index (χ0n) is 46.2. The summed E-state index contributed by atoms with van der Waals surface area (Å²) < 4.78 is 25.3. The highest BCUT2D eigenvalue weighted by atomic mass is 127. The largest absolute Gasteiger partial charge is 0.415 e. The summed E-state index contributed by atoms with van der Waals surface area (Å²) in [4.78, 5) is 77.4. The molecule has 27 heteroatoms.